The summed E-state index contributed by atoms with van der Waals surface area (Å²) < 4.78 is 40.7. The van der Waals surface area contributed by atoms with Crippen LogP contribution in [0.25, 0.3) is 0 Å². The number of ether oxygens (including phenoxy) is 1. The molecule has 1 aromatic carbocycles. The fraction of sp³-hybridized carbons (Fsp3) is 0.222. The molecule has 0 saturated heterocycles. The van der Waals surface area contributed by atoms with Gasteiger partial charge in [0, 0.05) is 11.8 Å². The number of halogens is 3. The predicted molar refractivity (Wildman–Crippen MR) is 52.1 cm³/mol. The van der Waals surface area contributed by atoms with Gasteiger partial charge in [-0.15, -0.1) is 0 Å². The number of hydrogen-bond acceptors (Lipinski definition) is 3. The van der Waals surface area contributed by atoms with Crippen molar-refractivity contribution in [2.45, 2.75) is 6.18 Å². The number of carbonyl (C=O) groups excluding carboxylic acids is 1. The predicted octanol–water partition coefficient (Wildman–Crippen LogP) is 1.78. The summed E-state index contributed by atoms with van der Waals surface area (Å²) in [4.78, 5) is 10.7. The summed E-state index contributed by atoms with van der Waals surface area (Å²) in [6, 6.07) is 3.90. The number of rotatable bonds is 2. The van der Waals surface area contributed by atoms with E-state index in [-0.39, 0.29) is 11.4 Å². The zero-order chi connectivity index (χ0) is 12.3. The number of nitrogens with two attached hydrogens (primary N) is 1. The van der Waals surface area contributed by atoms with Gasteiger partial charge in [0.25, 0.3) is 0 Å². The maximum Gasteiger partial charge on any atom is 0.471 e. The molecule has 0 aliphatic carbocycles. The first-order valence-corrected chi connectivity index (χ1v) is 4.16. The van der Waals surface area contributed by atoms with Crippen LogP contribution in [0.4, 0.5) is 24.5 Å². The molecule has 0 aromatic heterocycles. The molecule has 88 valence electrons. The molecule has 0 aliphatic rings. The van der Waals surface area contributed by atoms with Crippen molar-refractivity contribution >= 4 is 17.3 Å². The third-order valence-electron chi connectivity index (χ3n) is 1.73. The van der Waals surface area contributed by atoms with Gasteiger partial charge in [0.2, 0.25) is 0 Å². The van der Waals surface area contributed by atoms with Crippen LogP contribution in [0.15, 0.2) is 18.2 Å². The van der Waals surface area contributed by atoms with E-state index in [1.807, 2.05) is 0 Å². The number of hydrogen-bond donors (Lipinski definition) is 2. The molecule has 1 rings (SSSR count). The molecule has 0 atom stereocenters. The van der Waals surface area contributed by atoms with Gasteiger partial charge in [0.1, 0.15) is 5.75 Å². The number of methoxy groups -OCH3 is 1. The second-order valence-electron chi connectivity index (χ2n) is 2.91. The first-order valence-electron chi connectivity index (χ1n) is 4.16. The van der Waals surface area contributed by atoms with Crippen molar-refractivity contribution in [1.82, 2.24) is 0 Å². The highest BCUT2D eigenvalue weighted by Crippen LogP contribution is 2.28. The van der Waals surface area contributed by atoms with E-state index in [9.17, 15) is 18.0 Å². The third kappa shape index (κ3) is 2.78. The molecule has 0 heterocycles. The van der Waals surface area contributed by atoms with Crippen LogP contribution >= 0.6 is 0 Å². The van der Waals surface area contributed by atoms with Crippen molar-refractivity contribution in [2.75, 3.05) is 18.2 Å². The van der Waals surface area contributed by atoms with Gasteiger partial charge in [0.05, 0.1) is 12.8 Å². The van der Waals surface area contributed by atoms with Crippen molar-refractivity contribution in [3.8, 4) is 5.75 Å². The number of nitrogen functional groups attached to an aromatic ring is 1. The van der Waals surface area contributed by atoms with Crippen molar-refractivity contribution in [3.05, 3.63) is 18.2 Å². The van der Waals surface area contributed by atoms with Crippen LogP contribution in [0.5, 0.6) is 5.75 Å². The monoisotopic (exact) mass is 234 g/mol. The molecule has 1 aromatic rings. The second kappa shape index (κ2) is 4.30. The molecule has 0 radical (unpaired) electrons. The normalized spacial score (nSPS) is 11.0. The molecule has 0 aliphatic heterocycles. The fourth-order valence-electron chi connectivity index (χ4n) is 1.00. The molecule has 16 heavy (non-hydrogen) atoms. The number of benzene rings is 1. The van der Waals surface area contributed by atoms with Gasteiger partial charge < -0.3 is 15.8 Å². The van der Waals surface area contributed by atoms with Gasteiger partial charge in [-0.3, -0.25) is 4.79 Å². The fourth-order valence-corrected chi connectivity index (χ4v) is 1.00. The minimum atomic E-state index is -4.94. The Labute approximate surface area is 89.2 Å². The topological polar surface area (TPSA) is 64.3 Å². The average molecular weight is 234 g/mol. The van der Waals surface area contributed by atoms with Crippen molar-refractivity contribution in [3.63, 3.8) is 0 Å². The van der Waals surface area contributed by atoms with E-state index in [1.165, 1.54) is 25.3 Å². The molecule has 0 fully saturated rings. The molecule has 0 saturated carbocycles. The van der Waals surface area contributed by atoms with Crippen LogP contribution in [-0.2, 0) is 4.79 Å². The lowest BCUT2D eigenvalue weighted by Crippen LogP contribution is -2.30. The lowest BCUT2D eigenvalue weighted by atomic mass is 10.2. The molecule has 1 amide bonds. The van der Waals surface area contributed by atoms with E-state index in [4.69, 9.17) is 10.5 Å². The number of carbonyl (C=O) groups is 1. The third-order valence-corrected chi connectivity index (χ3v) is 1.73. The van der Waals surface area contributed by atoms with Gasteiger partial charge in [-0.05, 0) is 12.1 Å². The highest BCUT2D eigenvalue weighted by atomic mass is 19.4. The maximum absolute atomic E-state index is 12.0. The van der Waals surface area contributed by atoms with Crippen LogP contribution < -0.4 is 15.8 Å². The average Bonchev–Trinajstić information content (AvgIpc) is 2.19. The van der Waals surface area contributed by atoms with Crippen molar-refractivity contribution < 1.29 is 22.7 Å². The van der Waals surface area contributed by atoms with E-state index >= 15 is 0 Å². The van der Waals surface area contributed by atoms with Gasteiger partial charge in [-0.25, -0.2) is 0 Å². The zero-order valence-corrected chi connectivity index (χ0v) is 8.26. The largest absolute Gasteiger partial charge is 0.494 e. The molecule has 3 N–H and O–H groups in total. The zero-order valence-electron chi connectivity index (χ0n) is 8.26. The summed E-state index contributed by atoms with van der Waals surface area (Å²) in [5, 5.41) is 1.68. The first kappa shape index (κ1) is 12.2. The van der Waals surface area contributed by atoms with E-state index < -0.39 is 12.1 Å². The SMILES string of the molecule is COc1cc(N)ccc1NC(=O)C(F)(F)F. The smallest absolute Gasteiger partial charge is 0.471 e. The standard InChI is InChI=1S/C9H9F3N2O2/c1-16-7-4-5(13)2-3-6(7)14-8(15)9(10,11)12/h2-4H,13H2,1H3,(H,14,15). The number of nitrogens with one attached hydrogen (secondary N) is 1. The Morgan fingerprint density at radius 2 is 2.06 bits per heavy atom. The summed E-state index contributed by atoms with van der Waals surface area (Å²) in [7, 11) is 1.26. The van der Waals surface area contributed by atoms with Gasteiger partial charge in [-0.1, -0.05) is 0 Å². The number of amides is 1. The second-order valence-corrected chi connectivity index (χ2v) is 2.91. The Hall–Kier alpha value is -1.92. The van der Waals surface area contributed by atoms with E-state index in [2.05, 4.69) is 0 Å². The Morgan fingerprint density at radius 3 is 2.56 bits per heavy atom. The highest BCUT2D eigenvalue weighted by molar-refractivity contribution is 5.96. The first-order chi connectivity index (χ1) is 7.34. The molecular weight excluding hydrogens is 225 g/mol. The number of anilines is 2. The summed E-state index contributed by atoms with van der Waals surface area (Å²) in [5.74, 6) is -1.99. The highest BCUT2D eigenvalue weighted by Gasteiger charge is 2.39. The molecule has 0 spiro atoms. The van der Waals surface area contributed by atoms with Crippen molar-refractivity contribution in [1.29, 1.82) is 0 Å². The van der Waals surface area contributed by atoms with Gasteiger partial charge >= 0.3 is 12.1 Å². The van der Waals surface area contributed by atoms with Crippen LogP contribution in [0.1, 0.15) is 0 Å². The Morgan fingerprint density at radius 1 is 1.44 bits per heavy atom. The van der Waals surface area contributed by atoms with Crippen LogP contribution in [0, 0.1) is 0 Å². The quantitative estimate of drug-likeness (QED) is 0.766. The Bertz CT molecular complexity index is 404. The van der Waals surface area contributed by atoms with E-state index in [1.54, 1.807) is 5.32 Å². The van der Waals surface area contributed by atoms with Crippen LogP contribution in [-0.4, -0.2) is 19.2 Å². The van der Waals surface area contributed by atoms with Gasteiger partial charge in [0.15, 0.2) is 0 Å². The van der Waals surface area contributed by atoms with Gasteiger partial charge in [-0.2, -0.15) is 13.2 Å². The molecule has 0 bridgehead atoms. The molecule has 7 heteroatoms. The summed E-state index contributed by atoms with van der Waals surface area (Å²) in [6.07, 6.45) is -4.94. The van der Waals surface area contributed by atoms with E-state index in [0.29, 0.717) is 5.69 Å². The maximum atomic E-state index is 12.0. The minimum Gasteiger partial charge on any atom is -0.494 e. The Balaban J connectivity index is 2.93. The number of alkyl halides is 3. The summed E-state index contributed by atoms with van der Waals surface area (Å²) in [5.41, 5.74) is 5.64. The molecular formula is C9H9F3N2O2. The van der Waals surface area contributed by atoms with Crippen LogP contribution in [0.2, 0.25) is 0 Å². The molecule has 0 unspecified atom stereocenters. The minimum absolute atomic E-state index is 0.0672. The Kier molecular flexibility index (Phi) is 3.26. The lowest BCUT2D eigenvalue weighted by Gasteiger charge is -2.11. The van der Waals surface area contributed by atoms with Crippen LogP contribution in [0.3, 0.4) is 0 Å². The lowest BCUT2D eigenvalue weighted by molar-refractivity contribution is -0.167. The van der Waals surface area contributed by atoms with Crippen molar-refractivity contribution in [2.24, 2.45) is 0 Å². The summed E-state index contributed by atoms with van der Waals surface area (Å²) in [6.45, 7) is 0. The summed E-state index contributed by atoms with van der Waals surface area (Å²) >= 11 is 0. The van der Waals surface area contributed by atoms with E-state index in [0.717, 1.165) is 0 Å². The molecule has 4 nitrogen and oxygen atoms in total.